The lowest BCUT2D eigenvalue weighted by Crippen LogP contribution is -2.28. The number of ether oxygens (including phenoxy) is 1. The minimum absolute atomic E-state index is 0.154. The van der Waals surface area contributed by atoms with Gasteiger partial charge in [0.15, 0.2) is 6.61 Å². The molecular weight excluding hydrogens is 396 g/mol. The Morgan fingerprint density at radius 1 is 1.13 bits per heavy atom. The Labute approximate surface area is 180 Å². The molecule has 1 amide bonds. The molecule has 0 atom stereocenters. The highest BCUT2D eigenvalue weighted by Gasteiger charge is 2.13. The van der Waals surface area contributed by atoms with E-state index in [1.165, 1.54) is 0 Å². The van der Waals surface area contributed by atoms with E-state index in [9.17, 15) is 14.4 Å². The summed E-state index contributed by atoms with van der Waals surface area (Å²) in [5.74, 6) is -1.01. The summed E-state index contributed by atoms with van der Waals surface area (Å²) in [6.07, 6.45) is 0. The van der Waals surface area contributed by atoms with Crippen LogP contribution in [0.25, 0.3) is 11.0 Å². The van der Waals surface area contributed by atoms with Crippen molar-refractivity contribution < 1.29 is 14.3 Å². The highest BCUT2D eigenvalue weighted by molar-refractivity contribution is 5.94. The second kappa shape index (κ2) is 9.42. The monoisotopic (exact) mass is 422 g/mol. The van der Waals surface area contributed by atoms with Gasteiger partial charge in [-0.25, -0.2) is 9.78 Å². The Morgan fingerprint density at radius 3 is 2.48 bits per heavy atom. The summed E-state index contributed by atoms with van der Waals surface area (Å²) in [6, 6.07) is 12.6. The average molecular weight is 422 g/mol. The fourth-order valence-corrected chi connectivity index (χ4v) is 3.19. The second-order valence-electron chi connectivity index (χ2n) is 7.36. The molecule has 0 unspecified atom stereocenters. The molecule has 31 heavy (non-hydrogen) atoms. The number of aromatic nitrogens is 2. The Morgan fingerprint density at radius 2 is 1.84 bits per heavy atom. The molecule has 3 rings (SSSR count). The van der Waals surface area contributed by atoms with Crippen LogP contribution in [0.2, 0.25) is 0 Å². The fourth-order valence-electron chi connectivity index (χ4n) is 3.19. The van der Waals surface area contributed by atoms with Crippen molar-refractivity contribution in [1.82, 2.24) is 14.9 Å². The number of amides is 1. The highest BCUT2D eigenvalue weighted by Crippen LogP contribution is 2.15. The van der Waals surface area contributed by atoms with E-state index in [1.807, 2.05) is 50.2 Å². The topological polar surface area (TPSA) is 93.5 Å². The number of rotatable bonds is 7. The first-order valence-electron chi connectivity index (χ1n) is 10.0. The van der Waals surface area contributed by atoms with Crippen molar-refractivity contribution in [2.24, 2.45) is 0 Å². The largest absolute Gasteiger partial charge is 0.452 e. The maximum atomic E-state index is 12.4. The van der Waals surface area contributed by atoms with Crippen molar-refractivity contribution in [3.8, 4) is 0 Å². The van der Waals surface area contributed by atoms with Gasteiger partial charge in [-0.2, -0.15) is 0 Å². The van der Waals surface area contributed by atoms with Crippen molar-refractivity contribution >= 4 is 28.6 Å². The lowest BCUT2D eigenvalue weighted by Gasteiger charge is -2.13. The molecule has 0 radical (unpaired) electrons. The summed E-state index contributed by atoms with van der Waals surface area (Å²) >= 11 is 0. The van der Waals surface area contributed by atoms with Gasteiger partial charge in [0.1, 0.15) is 5.69 Å². The number of hydrogen-bond donors (Lipinski definition) is 1. The van der Waals surface area contributed by atoms with Gasteiger partial charge in [-0.3, -0.25) is 9.59 Å². The molecule has 0 aliphatic carbocycles. The molecule has 8 heteroatoms. The zero-order chi connectivity index (χ0) is 22.5. The molecule has 0 aliphatic heterocycles. The summed E-state index contributed by atoms with van der Waals surface area (Å²) in [5.41, 5.74) is 3.67. The molecule has 2 aromatic carbocycles. The van der Waals surface area contributed by atoms with Crippen LogP contribution < -0.4 is 15.8 Å². The molecule has 1 heterocycles. The molecule has 8 nitrogen and oxygen atoms in total. The van der Waals surface area contributed by atoms with Gasteiger partial charge in [-0.1, -0.05) is 12.1 Å². The molecule has 1 aromatic heterocycles. The number of hydrogen-bond acceptors (Lipinski definition) is 6. The van der Waals surface area contributed by atoms with E-state index in [1.54, 1.807) is 29.7 Å². The van der Waals surface area contributed by atoms with Crippen molar-refractivity contribution in [3.05, 3.63) is 69.6 Å². The summed E-state index contributed by atoms with van der Waals surface area (Å²) in [6.45, 7) is 3.97. The third-order valence-electron chi connectivity index (χ3n) is 4.94. The number of anilines is 1. The van der Waals surface area contributed by atoms with E-state index < -0.39 is 5.97 Å². The van der Waals surface area contributed by atoms with Crippen LogP contribution in [0, 0.1) is 6.92 Å². The first-order chi connectivity index (χ1) is 14.8. The van der Waals surface area contributed by atoms with Gasteiger partial charge < -0.3 is 19.5 Å². The number of benzene rings is 2. The summed E-state index contributed by atoms with van der Waals surface area (Å²) in [4.78, 5) is 42.9. The molecule has 0 bridgehead atoms. The molecule has 1 N–H and O–H groups in total. The minimum atomic E-state index is -0.624. The average Bonchev–Trinajstić information content (AvgIpc) is 2.76. The standard InChI is InChI=1S/C23H26N4O4/c1-5-27-20-11-8-17(12-19(20)25-15(2)22(27)29)23(30)31-14-21(28)24-13-16-6-9-18(10-7-16)26(3)4/h6-12H,5,13-14H2,1-4H3,(H,24,28). The van der Waals surface area contributed by atoms with Gasteiger partial charge in [-0.05, 0) is 49.7 Å². The number of carbonyl (C=O) groups excluding carboxylic acids is 2. The summed E-state index contributed by atoms with van der Waals surface area (Å²) < 4.78 is 6.74. The SMILES string of the molecule is CCn1c(=O)c(C)nc2cc(C(=O)OCC(=O)NCc3ccc(N(C)C)cc3)ccc21. The maximum Gasteiger partial charge on any atom is 0.338 e. The summed E-state index contributed by atoms with van der Waals surface area (Å²) in [7, 11) is 3.92. The quantitative estimate of drug-likeness (QED) is 0.587. The molecule has 0 fully saturated rings. The van der Waals surface area contributed by atoms with Crippen LogP contribution in [0.5, 0.6) is 0 Å². The van der Waals surface area contributed by atoms with Crippen molar-refractivity contribution in [2.75, 3.05) is 25.6 Å². The molecular formula is C23H26N4O4. The normalized spacial score (nSPS) is 10.7. The van der Waals surface area contributed by atoms with E-state index in [2.05, 4.69) is 10.3 Å². The number of carbonyl (C=O) groups is 2. The number of nitrogens with zero attached hydrogens (tertiary/aromatic N) is 3. The van der Waals surface area contributed by atoms with E-state index in [4.69, 9.17) is 4.74 Å². The molecule has 0 saturated heterocycles. The molecule has 162 valence electrons. The van der Waals surface area contributed by atoms with Gasteiger partial charge in [0.2, 0.25) is 0 Å². The maximum absolute atomic E-state index is 12.4. The van der Waals surface area contributed by atoms with Gasteiger partial charge in [0.25, 0.3) is 11.5 Å². The lowest BCUT2D eigenvalue weighted by molar-refractivity contribution is -0.124. The molecule has 0 aliphatic rings. The predicted molar refractivity (Wildman–Crippen MR) is 119 cm³/mol. The Kier molecular flexibility index (Phi) is 6.69. The second-order valence-corrected chi connectivity index (χ2v) is 7.36. The predicted octanol–water partition coefficient (Wildman–Crippen LogP) is 2.26. The van der Waals surface area contributed by atoms with Crippen LogP contribution in [-0.2, 0) is 22.6 Å². The number of fused-ring (bicyclic) bond motifs is 1. The minimum Gasteiger partial charge on any atom is -0.452 e. The van der Waals surface area contributed by atoms with E-state index >= 15 is 0 Å². The third-order valence-corrected chi connectivity index (χ3v) is 4.94. The molecule has 0 spiro atoms. The van der Waals surface area contributed by atoms with Crippen molar-refractivity contribution in [2.45, 2.75) is 26.9 Å². The van der Waals surface area contributed by atoms with E-state index in [0.29, 0.717) is 29.8 Å². The summed E-state index contributed by atoms with van der Waals surface area (Å²) in [5, 5.41) is 2.73. The Balaban J connectivity index is 1.59. The zero-order valence-corrected chi connectivity index (χ0v) is 18.1. The first-order valence-corrected chi connectivity index (χ1v) is 10.0. The van der Waals surface area contributed by atoms with Crippen LogP contribution in [0.15, 0.2) is 47.3 Å². The van der Waals surface area contributed by atoms with Crippen LogP contribution in [0.3, 0.4) is 0 Å². The van der Waals surface area contributed by atoms with Crippen LogP contribution in [-0.4, -0.2) is 42.1 Å². The van der Waals surface area contributed by atoms with Gasteiger partial charge in [0.05, 0.1) is 16.6 Å². The van der Waals surface area contributed by atoms with Crippen molar-refractivity contribution in [3.63, 3.8) is 0 Å². The van der Waals surface area contributed by atoms with Crippen LogP contribution in [0.4, 0.5) is 5.69 Å². The zero-order valence-electron chi connectivity index (χ0n) is 18.1. The first kappa shape index (κ1) is 22.0. The number of aryl methyl sites for hydroxylation is 2. The Hall–Kier alpha value is -3.68. The van der Waals surface area contributed by atoms with Gasteiger partial charge >= 0.3 is 5.97 Å². The Bertz CT molecular complexity index is 1170. The molecule has 0 saturated carbocycles. The number of esters is 1. The highest BCUT2D eigenvalue weighted by atomic mass is 16.5. The van der Waals surface area contributed by atoms with Crippen LogP contribution in [0.1, 0.15) is 28.5 Å². The van der Waals surface area contributed by atoms with Gasteiger partial charge in [-0.15, -0.1) is 0 Å². The fraction of sp³-hybridized carbons (Fsp3) is 0.304. The van der Waals surface area contributed by atoms with E-state index in [-0.39, 0.29) is 23.6 Å². The van der Waals surface area contributed by atoms with Gasteiger partial charge in [0, 0.05) is 32.9 Å². The molecule has 3 aromatic rings. The van der Waals surface area contributed by atoms with Crippen molar-refractivity contribution in [1.29, 1.82) is 0 Å². The smallest absolute Gasteiger partial charge is 0.338 e. The third kappa shape index (κ3) is 5.09. The van der Waals surface area contributed by atoms with E-state index in [0.717, 1.165) is 11.3 Å². The lowest BCUT2D eigenvalue weighted by atomic mass is 10.2. The van der Waals surface area contributed by atoms with Crippen LogP contribution >= 0.6 is 0 Å². The number of nitrogens with one attached hydrogen (secondary N) is 1.